The highest BCUT2D eigenvalue weighted by atomic mass is 35.5. The number of carbonyl (C=O) groups excluding carboxylic acids is 1. The van der Waals surface area contributed by atoms with Gasteiger partial charge in [-0.2, -0.15) is 0 Å². The van der Waals surface area contributed by atoms with Gasteiger partial charge in [0.25, 0.3) is 0 Å². The Balaban J connectivity index is 2.28. The molecule has 1 amide bonds. The molecular weight excluding hydrogens is 452 g/mol. The molecule has 0 bridgehead atoms. The van der Waals surface area contributed by atoms with E-state index in [1.54, 1.807) is 6.92 Å². The first-order valence-corrected chi connectivity index (χ1v) is 10.7. The first-order chi connectivity index (χ1) is 13.8. The Bertz CT molecular complexity index is 1010. The van der Waals surface area contributed by atoms with Crippen molar-refractivity contribution in [1.82, 2.24) is 0 Å². The highest BCUT2D eigenvalue weighted by Crippen LogP contribution is 2.28. The van der Waals surface area contributed by atoms with E-state index in [2.05, 4.69) is 10.1 Å². The van der Waals surface area contributed by atoms with Crippen LogP contribution in [0.3, 0.4) is 0 Å². The summed E-state index contributed by atoms with van der Waals surface area (Å²) in [5.74, 6) is -1.98. The molecule has 2 rings (SSSR count). The maximum absolute atomic E-state index is 13.5. The molecule has 0 aliphatic heterocycles. The quantitative estimate of drug-likeness (QED) is 0.604. The number of hydrogen-bond donors (Lipinski definition) is 1. The standard InChI is InChI=1S/C18H17ClF4N2O4S/c1-3-16(25(30(2,27)28)12-6-9-15(20)14(19)10-12)17(26)24-11-4-7-13(8-5-11)29-18(21,22)23/h4-10,16H,3H2,1-2H3,(H,24,26)/t16-/m1/s1. The molecule has 164 valence electrons. The summed E-state index contributed by atoms with van der Waals surface area (Å²) in [4.78, 5) is 12.7. The fraction of sp³-hybridized carbons (Fsp3) is 0.278. The van der Waals surface area contributed by atoms with Gasteiger partial charge in [0.1, 0.15) is 17.6 Å². The number of hydrogen-bond acceptors (Lipinski definition) is 4. The molecule has 0 aromatic heterocycles. The molecule has 0 aliphatic carbocycles. The molecule has 1 N–H and O–H groups in total. The highest BCUT2D eigenvalue weighted by molar-refractivity contribution is 7.92. The number of benzene rings is 2. The minimum atomic E-state index is -4.86. The van der Waals surface area contributed by atoms with Gasteiger partial charge in [0.2, 0.25) is 15.9 Å². The summed E-state index contributed by atoms with van der Waals surface area (Å²) in [5, 5.41) is 2.12. The molecule has 0 fully saturated rings. The van der Waals surface area contributed by atoms with Crippen molar-refractivity contribution in [3.63, 3.8) is 0 Å². The van der Waals surface area contributed by atoms with E-state index >= 15 is 0 Å². The number of sulfonamides is 1. The minimum absolute atomic E-state index is 0.0141. The maximum Gasteiger partial charge on any atom is 0.573 e. The van der Waals surface area contributed by atoms with Crippen molar-refractivity contribution in [3.8, 4) is 5.75 Å². The largest absolute Gasteiger partial charge is 0.573 e. The Morgan fingerprint density at radius 3 is 2.27 bits per heavy atom. The zero-order valence-electron chi connectivity index (χ0n) is 15.7. The van der Waals surface area contributed by atoms with Gasteiger partial charge < -0.3 is 10.1 Å². The number of carbonyl (C=O) groups is 1. The number of alkyl halides is 3. The van der Waals surface area contributed by atoms with E-state index in [4.69, 9.17) is 11.6 Å². The lowest BCUT2D eigenvalue weighted by atomic mass is 10.1. The van der Waals surface area contributed by atoms with Crippen LogP contribution in [0.4, 0.5) is 28.9 Å². The summed E-state index contributed by atoms with van der Waals surface area (Å²) >= 11 is 5.74. The van der Waals surface area contributed by atoms with Crippen LogP contribution >= 0.6 is 11.6 Å². The Morgan fingerprint density at radius 2 is 1.80 bits per heavy atom. The van der Waals surface area contributed by atoms with Crippen LogP contribution < -0.4 is 14.4 Å². The third kappa shape index (κ3) is 6.23. The summed E-state index contributed by atoms with van der Waals surface area (Å²) in [6, 6.07) is 6.33. The molecule has 0 saturated heterocycles. The zero-order valence-corrected chi connectivity index (χ0v) is 17.3. The number of anilines is 2. The van der Waals surface area contributed by atoms with Crippen LogP contribution in [0.25, 0.3) is 0 Å². The fourth-order valence-electron chi connectivity index (χ4n) is 2.65. The van der Waals surface area contributed by atoms with Crippen molar-refractivity contribution in [2.75, 3.05) is 15.9 Å². The lowest BCUT2D eigenvalue weighted by molar-refractivity contribution is -0.274. The summed E-state index contributed by atoms with van der Waals surface area (Å²) in [6.07, 6.45) is -3.93. The molecule has 0 saturated carbocycles. The second-order valence-corrected chi connectivity index (χ2v) is 8.41. The molecule has 2 aromatic rings. The zero-order chi connectivity index (χ0) is 22.7. The number of amides is 1. The van der Waals surface area contributed by atoms with Crippen molar-refractivity contribution in [2.24, 2.45) is 0 Å². The summed E-state index contributed by atoms with van der Waals surface area (Å²) in [7, 11) is -3.98. The molecule has 30 heavy (non-hydrogen) atoms. The first kappa shape index (κ1) is 23.7. The van der Waals surface area contributed by atoms with Crippen molar-refractivity contribution in [1.29, 1.82) is 0 Å². The van der Waals surface area contributed by atoms with Gasteiger partial charge in [0.05, 0.1) is 17.0 Å². The molecule has 0 aliphatic rings. The van der Waals surface area contributed by atoms with E-state index < -0.39 is 39.9 Å². The second kappa shape index (κ2) is 9.09. The normalized spacial score (nSPS) is 12.9. The topological polar surface area (TPSA) is 75.7 Å². The lowest BCUT2D eigenvalue weighted by Crippen LogP contribution is -2.47. The van der Waals surface area contributed by atoms with Crippen LogP contribution in [0.15, 0.2) is 42.5 Å². The van der Waals surface area contributed by atoms with Gasteiger partial charge in [0.15, 0.2) is 0 Å². The van der Waals surface area contributed by atoms with E-state index in [1.165, 1.54) is 18.2 Å². The predicted octanol–water partition coefficient (Wildman–Crippen LogP) is 4.56. The van der Waals surface area contributed by atoms with Crippen molar-refractivity contribution >= 4 is 38.9 Å². The summed E-state index contributed by atoms with van der Waals surface area (Å²) in [5.41, 5.74) is 0.110. The Kier molecular flexibility index (Phi) is 7.19. The molecule has 0 unspecified atom stereocenters. The van der Waals surface area contributed by atoms with E-state index in [0.29, 0.717) is 0 Å². The molecule has 6 nitrogen and oxygen atoms in total. The highest BCUT2D eigenvalue weighted by Gasteiger charge is 2.33. The van der Waals surface area contributed by atoms with Gasteiger partial charge in [-0.25, -0.2) is 12.8 Å². The number of ether oxygens (including phenoxy) is 1. The molecule has 0 spiro atoms. The molecule has 0 heterocycles. The van der Waals surface area contributed by atoms with Crippen molar-refractivity contribution < 1.29 is 35.5 Å². The monoisotopic (exact) mass is 468 g/mol. The molecule has 12 heteroatoms. The molecule has 0 radical (unpaired) electrons. The van der Waals surface area contributed by atoms with Gasteiger partial charge in [-0.15, -0.1) is 13.2 Å². The Labute approximate surface area is 175 Å². The summed E-state index contributed by atoms with van der Waals surface area (Å²) in [6.45, 7) is 1.56. The SMILES string of the molecule is CC[C@H](C(=O)Nc1ccc(OC(F)(F)F)cc1)N(c1ccc(F)c(Cl)c1)S(C)(=O)=O. The number of nitrogens with zero attached hydrogens (tertiary/aromatic N) is 1. The number of nitrogens with one attached hydrogen (secondary N) is 1. The third-order valence-corrected chi connectivity index (χ3v) is 5.31. The van der Waals surface area contributed by atoms with E-state index in [1.807, 2.05) is 0 Å². The molecule has 2 aromatic carbocycles. The van der Waals surface area contributed by atoms with Crippen LogP contribution in [-0.4, -0.2) is 33.0 Å². The lowest BCUT2D eigenvalue weighted by Gasteiger charge is -2.30. The van der Waals surface area contributed by atoms with Gasteiger partial charge in [-0.3, -0.25) is 9.10 Å². The fourth-order valence-corrected chi connectivity index (χ4v) is 4.03. The summed E-state index contributed by atoms with van der Waals surface area (Å²) < 4.78 is 79.4. The van der Waals surface area contributed by atoms with E-state index in [9.17, 15) is 30.8 Å². The number of halogens is 5. The minimum Gasteiger partial charge on any atom is -0.406 e. The van der Waals surface area contributed by atoms with Crippen molar-refractivity contribution in [2.45, 2.75) is 25.7 Å². The predicted molar refractivity (Wildman–Crippen MR) is 105 cm³/mol. The van der Waals surface area contributed by atoms with E-state index in [0.717, 1.165) is 34.8 Å². The molecular formula is C18H17ClF4N2O4S. The Morgan fingerprint density at radius 1 is 1.20 bits per heavy atom. The van der Waals surface area contributed by atoms with Crippen LogP contribution in [0.1, 0.15) is 13.3 Å². The third-order valence-electron chi connectivity index (χ3n) is 3.84. The average Bonchev–Trinajstić information content (AvgIpc) is 2.61. The van der Waals surface area contributed by atoms with Gasteiger partial charge in [-0.05, 0) is 48.9 Å². The van der Waals surface area contributed by atoms with Gasteiger partial charge in [0, 0.05) is 5.69 Å². The van der Waals surface area contributed by atoms with Crippen LogP contribution in [0, 0.1) is 5.82 Å². The molecule has 1 atom stereocenters. The second-order valence-electron chi connectivity index (χ2n) is 6.14. The first-order valence-electron chi connectivity index (χ1n) is 8.43. The van der Waals surface area contributed by atoms with Gasteiger partial charge >= 0.3 is 6.36 Å². The van der Waals surface area contributed by atoms with E-state index in [-0.39, 0.29) is 22.8 Å². The number of rotatable bonds is 7. The average molecular weight is 469 g/mol. The van der Waals surface area contributed by atoms with Crippen molar-refractivity contribution in [3.05, 3.63) is 53.3 Å². The van der Waals surface area contributed by atoms with Gasteiger partial charge in [-0.1, -0.05) is 18.5 Å². The van der Waals surface area contributed by atoms with Crippen LogP contribution in [0.2, 0.25) is 5.02 Å². The smallest absolute Gasteiger partial charge is 0.406 e. The maximum atomic E-state index is 13.5. The van der Waals surface area contributed by atoms with Crippen LogP contribution in [0.5, 0.6) is 5.75 Å². The Hall–Kier alpha value is -2.53. The van der Waals surface area contributed by atoms with Crippen LogP contribution in [-0.2, 0) is 14.8 Å².